The van der Waals surface area contributed by atoms with E-state index in [9.17, 15) is 0 Å². The molecule has 0 amide bonds. The van der Waals surface area contributed by atoms with Gasteiger partial charge in [0, 0.05) is 23.1 Å². The molecule has 3 nitrogen and oxygen atoms in total. The number of hydrogen-bond donors (Lipinski definition) is 1. The lowest BCUT2D eigenvalue weighted by Crippen LogP contribution is -2.53. The third-order valence-corrected chi connectivity index (χ3v) is 4.57. The summed E-state index contributed by atoms with van der Waals surface area (Å²) in [6.07, 6.45) is 1.24. The van der Waals surface area contributed by atoms with Crippen molar-refractivity contribution in [2.75, 3.05) is 13.2 Å². The standard InChI is InChI=1S/C16H25BrN2O/c1-4-15(18)16(13-6-5-7-14(17)8-13)19-9-12(3)20-10-11(19)2/h5-8,11-12,15-16H,4,9-10,18H2,1-3H3. The van der Waals surface area contributed by atoms with E-state index in [1.165, 1.54) is 5.56 Å². The van der Waals surface area contributed by atoms with Crippen molar-refractivity contribution in [3.05, 3.63) is 34.3 Å². The molecule has 0 saturated carbocycles. The number of nitrogens with zero attached hydrogens (tertiary/aromatic N) is 1. The number of morpholine rings is 1. The fourth-order valence-corrected chi connectivity index (χ4v) is 3.33. The summed E-state index contributed by atoms with van der Waals surface area (Å²) >= 11 is 3.57. The van der Waals surface area contributed by atoms with Gasteiger partial charge < -0.3 is 10.5 Å². The van der Waals surface area contributed by atoms with Crippen LogP contribution in [0.25, 0.3) is 0 Å². The van der Waals surface area contributed by atoms with Crippen LogP contribution < -0.4 is 5.73 Å². The Hall–Kier alpha value is -0.420. The topological polar surface area (TPSA) is 38.5 Å². The maximum absolute atomic E-state index is 6.44. The van der Waals surface area contributed by atoms with Crippen LogP contribution in [0.5, 0.6) is 0 Å². The van der Waals surface area contributed by atoms with Gasteiger partial charge in [0.15, 0.2) is 0 Å². The van der Waals surface area contributed by atoms with Crippen LogP contribution in [-0.4, -0.2) is 36.2 Å². The maximum atomic E-state index is 6.44. The summed E-state index contributed by atoms with van der Waals surface area (Å²) in [5, 5.41) is 0. The summed E-state index contributed by atoms with van der Waals surface area (Å²) in [4.78, 5) is 2.50. The average molecular weight is 341 g/mol. The molecule has 0 radical (unpaired) electrons. The molecule has 2 rings (SSSR count). The molecule has 1 heterocycles. The first-order chi connectivity index (χ1) is 9.52. The van der Waals surface area contributed by atoms with E-state index in [0.29, 0.717) is 6.04 Å². The summed E-state index contributed by atoms with van der Waals surface area (Å²) in [6, 6.07) is 9.29. The first kappa shape index (κ1) is 16.0. The minimum Gasteiger partial charge on any atom is -0.376 e. The van der Waals surface area contributed by atoms with Crippen LogP contribution in [0.2, 0.25) is 0 Å². The molecule has 1 aliphatic rings. The molecule has 0 aromatic heterocycles. The van der Waals surface area contributed by atoms with E-state index >= 15 is 0 Å². The lowest BCUT2D eigenvalue weighted by atomic mass is 9.94. The van der Waals surface area contributed by atoms with Gasteiger partial charge in [-0.1, -0.05) is 35.0 Å². The van der Waals surface area contributed by atoms with Crippen LogP contribution in [-0.2, 0) is 4.74 Å². The van der Waals surface area contributed by atoms with Crippen molar-refractivity contribution in [3.63, 3.8) is 0 Å². The lowest BCUT2D eigenvalue weighted by molar-refractivity contribution is -0.0707. The minimum absolute atomic E-state index is 0.136. The van der Waals surface area contributed by atoms with Gasteiger partial charge in [-0.2, -0.15) is 0 Å². The highest BCUT2D eigenvalue weighted by Crippen LogP contribution is 2.31. The molecule has 0 spiro atoms. The molecule has 0 bridgehead atoms. The maximum Gasteiger partial charge on any atom is 0.0675 e. The number of halogens is 1. The van der Waals surface area contributed by atoms with Gasteiger partial charge in [0.2, 0.25) is 0 Å². The third kappa shape index (κ3) is 3.61. The van der Waals surface area contributed by atoms with Crippen molar-refractivity contribution >= 4 is 15.9 Å². The van der Waals surface area contributed by atoms with Gasteiger partial charge in [0.1, 0.15) is 0 Å². The van der Waals surface area contributed by atoms with Crippen LogP contribution >= 0.6 is 15.9 Å². The van der Waals surface area contributed by atoms with E-state index in [-0.39, 0.29) is 18.2 Å². The van der Waals surface area contributed by atoms with Crippen LogP contribution in [0.4, 0.5) is 0 Å². The summed E-state index contributed by atoms with van der Waals surface area (Å²) in [5.41, 5.74) is 7.73. The van der Waals surface area contributed by atoms with Gasteiger partial charge in [-0.15, -0.1) is 0 Å². The Morgan fingerprint density at radius 3 is 2.85 bits per heavy atom. The number of nitrogens with two attached hydrogens (primary N) is 1. The minimum atomic E-state index is 0.136. The van der Waals surface area contributed by atoms with Crippen molar-refractivity contribution in [3.8, 4) is 0 Å². The zero-order valence-corrected chi connectivity index (χ0v) is 14.1. The molecule has 112 valence electrons. The fraction of sp³-hybridized carbons (Fsp3) is 0.625. The van der Waals surface area contributed by atoms with E-state index in [1.54, 1.807) is 0 Å². The molecular weight excluding hydrogens is 316 g/mol. The quantitative estimate of drug-likeness (QED) is 0.913. The van der Waals surface area contributed by atoms with Gasteiger partial charge in [-0.25, -0.2) is 0 Å². The highest BCUT2D eigenvalue weighted by molar-refractivity contribution is 9.10. The third-order valence-electron chi connectivity index (χ3n) is 4.08. The Kier molecular flexibility index (Phi) is 5.61. The van der Waals surface area contributed by atoms with E-state index in [2.05, 4.69) is 65.9 Å². The zero-order chi connectivity index (χ0) is 14.7. The second kappa shape index (κ2) is 7.03. The summed E-state index contributed by atoms with van der Waals surface area (Å²) in [7, 11) is 0. The predicted molar refractivity (Wildman–Crippen MR) is 86.7 cm³/mol. The van der Waals surface area contributed by atoms with Crippen molar-refractivity contribution < 1.29 is 4.74 Å². The molecule has 1 saturated heterocycles. The van der Waals surface area contributed by atoms with Crippen LogP contribution in [0, 0.1) is 0 Å². The SMILES string of the molecule is CCC(N)C(c1cccc(Br)c1)N1CC(C)OCC1C. The van der Waals surface area contributed by atoms with Crippen LogP contribution in [0.3, 0.4) is 0 Å². The first-order valence-corrected chi connectivity index (χ1v) is 8.20. The van der Waals surface area contributed by atoms with Crippen LogP contribution in [0.1, 0.15) is 38.8 Å². The van der Waals surface area contributed by atoms with Crippen molar-refractivity contribution in [1.29, 1.82) is 0 Å². The van der Waals surface area contributed by atoms with Gasteiger partial charge >= 0.3 is 0 Å². The Morgan fingerprint density at radius 2 is 2.20 bits per heavy atom. The number of benzene rings is 1. The normalized spacial score (nSPS) is 27.2. The van der Waals surface area contributed by atoms with Crippen LogP contribution in [0.15, 0.2) is 28.7 Å². The van der Waals surface area contributed by atoms with Gasteiger partial charge in [0.25, 0.3) is 0 Å². The number of hydrogen-bond acceptors (Lipinski definition) is 3. The second-order valence-corrected chi connectivity index (χ2v) is 6.68. The van der Waals surface area contributed by atoms with Gasteiger partial charge in [-0.05, 0) is 38.0 Å². The van der Waals surface area contributed by atoms with E-state index in [0.717, 1.165) is 24.0 Å². The molecule has 4 unspecified atom stereocenters. The molecule has 4 heteroatoms. The number of rotatable bonds is 4. The highest BCUT2D eigenvalue weighted by atomic mass is 79.9. The summed E-state index contributed by atoms with van der Waals surface area (Å²) in [6.45, 7) is 8.23. The van der Waals surface area contributed by atoms with E-state index < -0.39 is 0 Å². The predicted octanol–water partition coefficient (Wildman–Crippen LogP) is 3.34. The van der Waals surface area contributed by atoms with Crippen molar-refractivity contribution in [1.82, 2.24) is 4.90 Å². The molecule has 1 aliphatic heterocycles. The second-order valence-electron chi connectivity index (χ2n) is 5.76. The number of ether oxygens (including phenoxy) is 1. The summed E-state index contributed by atoms with van der Waals surface area (Å²) < 4.78 is 6.86. The van der Waals surface area contributed by atoms with E-state index in [1.807, 2.05) is 0 Å². The Balaban J connectivity index is 2.31. The molecule has 0 aliphatic carbocycles. The molecule has 20 heavy (non-hydrogen) atoms. The smallest absolute Gasteiger partial charge is 0.0675 e. The molecule has 1 aromatic carbocycles. The Labute approximate surface area is 130 Å². The fourth-order valence-electron chi connectivity index (χ4n) is 2.91. The molecule has 2 N–H and O–H groups in total. The average Bonchev–Trinajstić information content (AvgIpc) is 2.43. The lowest BCUT2D eigenvalue weighted by Gasteiger charge is -2.44. The molecular formula is C16H25BrN2O. The summed E-state index contributed by atoms with van der Waals surface area (Å²) in [5.74, 6) is 0. The van der Waals surface area contributed by atoms with Gasteiger partial charge in [0.05, 0.1) is 18.8 Å². The largest absolute Gasteiger partial charge is 0.376 e. The van der Waals surface area contributed by atoms with E-state index in [4.69, 9.17) is 10.5 Å². The first-order valence-electron chi connectivity index (χ1n) is 7.41. The van der Waals surface area contributed by atoms with Crippen molar-refractivity contribution in [2.24, 2.45) is 5.73 Å². The Morgan fingerprint density at radius 1 is 1.45 bits per heavy atom. The Bertz CT molecular complexity index is 440. The molecule has 4 atom stereocenters. The van der Waals surface area contributed by atoms with Gasteiger partial charge in [-0.3, -0.25) is 4.90 Å². The monoisotopic (exact) mass is 340 g/mol. The molecule has 1 fully saturated rings. The molecule has 1 aromatic rings. The van der Waals surface area contributed by atoms with Crippen molar-refractivity contribution in [2.45, 2.75) is 51.4 Å². The zero-order valence-electron chi connectivity index (χ0n) is 12.6. The highest BCUT2D eigenvalue weighted by Gasteiger charge is 2.33.